The van der Waals surface area contributed by atoms with Crippen molar-refractivity contribution >= 4 is 50.1 Å². The lowest BCUT2D eigenvalue weighted by atomic mass is 9.89. The number of sulfonamides is 1. The van der Waals surface area contributed by atoms with Crippen molar-refractivity contribution in [3.05, 3.63) is 75.7 Å². The van der Waals surface area contributed by atoms with E-state index in [-0.39, 0.29) is 42.1 Å². The highest BCUT2D eigenvalue weighted by Crippen LogP contribution is 2.33. The van der Waals surface area contributed by atoms with Gasteiger partial charge in [-0.15, -0.1) is 11.3 Å². The van der Waals surface area contributed by atoms with Gasteiger partial charge in [0.25, 0.3) is 11.8 Å². The molecule has 4 heterocycles. The third kappa shape index (κ3) is 10.6. The first-order chi connectivity index (χ1) is 26.9. The number of pyridine rings is 1. The molecule has 1 aromatic carbocycles. The molecule has 300 valence electrons. The van der Waals surface area contributed by atoms with Gasteiger partial charge in [-0.25, -0.2) is 23.1 Å². The van der Waals surface area contributed by atoms with Crippen molar-refractivity contribution in [2.24, 2.45) is 11.8 Å². The molecule has 1 saturated carbocycles. The van der Waals surface area contributed by atoms with Gasteiger partial charge in [0.15, 0.2) is 5.13 Å². The van der Waals surface area contributed by atoms with Crippen LogP contribution in [0.2, 0.25) is 0 Å². The van der Waals surface area contributed by atoms with Gasteiger partial charge in [-0.05, 0) is 87.1 Å². The van der Waals surface area contributed by atoms with Gasteiger partial charge >= 0.3 is 5.97 Å². The number of anilines is 2. The van der Waals surface area contributed by atoms with Crippen LogP contribution in [0.25, 0.3) is 11.1 Å². The van der Waals surface area contributed by atoms with E-state index in [1.807, 2.05) is 61.5 Å². The minimum absolute atomic E-state index is 0.0183. The van der Waals surface area contributed by atoms with E-state index >= 15 is 0 Å². The molecule has 1 aliphatic heterocycles. The molecule has 0 bridgehead atoms. The molecule has 13 nitrogen and oxygen atoms in total. The maximum absolute atomic E-state index is 14.0. The van der Waals surface area contributed by atoms with E-state index in [1.165, 1.54) is 30.6 Å². The van der Waals surface area contributed by atoms with Crippen molar-refractivity contribution in [1.29, 1.82) is 0 Å². The molecular formula is C41H53N7O6S2. The largest absolute Gasteiger partial charge is 0.465 e. The van der Waals surface area contributed by atoms with Crippen LogP contribution in [0.4, 0.5) is 10.9 Å². The van der Waals surface area contributed by atoms with E-state index in [2.05, 4.69) is 15.0 Å². The zero-order valence-electron chi connectivity index (χ0n) is 32.8. The molecule has 0 unspecified atom stereocenters. The molecule has 15 heteroatoms. The number of unbranched alkanes of at least 4 members (excludes halogenated alkanes) is 2. The zero-order valence-corrected chi connectivity index (χ0v) is 34.4. The quantitative estimate of drug-likeness (QED) is 0.0872. The van der Waals surface area contributed by atoms with Gasteiger partial charge in [-0.2, -0.15) is 5.10 Å². The molecule has 0 radical (unpaired) electrons. The van der Waals surface area contributed by atoms with E-state index in [9.17, 15) is 22.8 Å². The summed E-state index contributed by atoms with van der Waals surface area (Å²) in [4.78, 5) is 51.6. The highest BCUT2D eigenvalue weighted by molar-refractivity contribution is 7.90. The number of carbonyl (C=O) groups excluding carboxylic acids is 3. The smallest absolute Gasteiger partial charge is 0.305 e. The molecule has 56 heavy (non-hydrogen) atoms. The molecule has 2 amide bonds. The number of nitrogens with zero attached hydrogens (tertiary/aromatic N) is 5. The lowest BCUT2D eigenvalue weighted by Gasteiger charge is -2.31. The van der Waals surface area contributed by atoms with Crippen molar-refractivity contribution in [2.75, 3.05) is 29.1 Å². The first-order valence-electron chi connectivity index (χ1n) is 19.7. The van der Waals surface area contributed by atoms with Gasteiger partial charge in [-0.3, -0.25) is 24.4 Å². The first kappa shape index (κ1) is 41.0. The summed E-state index contributed by atoms with van der Waals surface area (Å²) in [7, 11) is -4.03. The highest BCUT2D eigenvalue weighted by atomic mass is 32.2. The minimum atomic E-state index is -4.03. The SMILES string of the molecule is Cc1cnc(NC(=O)c2cccc3c2CN(c2ccc(-c4cnn(CC5CCCCC5)c4C)c(C(=O)NS(=O)(=O)CCCCCC(=O)OCC(C)C)n2)CC3)s1. The fourth-order valence-electron chi connectivity index (χ4n) is 7.40. The van der Waals surface area contributed by atoms with Gasteiger partial charge in [0, 0.05) is 59.5 Å². The third-order valence-corrected chi connectivity index (χ3v) is 12.6. The Bertz CT molecular complexity index is 2140. The van der Waals surface area contributed by atoms with Crippen molar-refractivity contribution in [3.8, 4) is 11.1 Å². The van der Waals surface area contributed by atoms with E-state index in [1.54, 1.807) is 18.5 Å². The second-order valence-corrected chi connectivity index (χ2v) is 18.5. The predicted octanol–water partition coefficient (Wildman–Crippen LogP) is 7.23. The molecule has 1 fully saturated rings. The zero-order chi connectivity index (χ0) is 39.8. The number of thiazole rings is 1. The summed E-state index contributed by atoms with van der Waals surface area (Å²) in [5.41, 5.74) is 4.52. The Balaban J connectivity index is 1.22. The molecule has 2 N–H and O–H groups in total. The van der Waals surface area contributed by atoms with Gasteiger partial charge < -0.3 is 9.64 Å². The van der Waals surface area contributed by atoms with E-state index < -0.39 is 15.9 Å². The highest BCUT2D eigenvalue weighted by Gasteiger charge is 2.28. The first-order valence-corrected chi connectivity index (χ1v) is 22.2. The van der Waals surface area contributed by atoms with E-state index in [0.717, 1.165) is 41.1 Å². The molecule has 3 aromatic heterocycles. The second-order valence-electron chi connectivity index (χ2n) is 15.4. The Morgan fingerprint density at radius 3 is 2.54 bits per heavy atom. The Morgan fingerprint density at radius 1 is 0.982 bits per heavy atom. The van der Waals surface area contributed by atoms with E-state index in [4.69, 9.17) is 14.8 Å². The molecule has 0 saturated heterocycles. The van der Waals surface area contributed by atoms with E-state index in [0.29, 0.717) is 72.5 Å². The molecular weight excluding hydrogens is 751 g/mol. The number of aromatic nitrogens is 4. The van der Waals surface area contributed by atoms with Crippen LogP contribution in [0.5, 0.6) is 0 Å². The van der Waals surface area contributed by atoms with Crippen LogP contribution in [0.15, 0.2) is 42.7 Å². The monoisotopic (exact) mass is 803 g/mol. The summed E-state index contributed by atoms with van der Waals surface area (Å²) in [5.74, 6) is -0.382. The summed E-state index contributed by atoms with van der Waals surface area (Å²) in [6, 6.07) is 9.35. The number of hydrogen-bond donors (Lipinski definition) is 2. The molecule has 0 atom stereocenters. The number of esters is 1. The van der Waals surface area contributed by atoms with Crippen LogP contribution >= 0.6 is 11.3 Å². The number of fused-ring (bicyclic) bond motifs is 1. The molecule has 2 aliphatic rings. The molecule has 0 spiro atoms. The summed E-state index contributed by atoms with van der Waals surface area (Å²) in [6.07, 6.45) is 11.6. The summed E-state index contributed by atoms with van der Waals surface area (Å²) >= 11 is 1.41. The third-order valence-electron chi connectivity index (χ3n) is 10.4. The summed E-state index contributed by atoms with van der Waals surface area (Å²) in [5, 5.41) is 8.15. The Labute approximate surface area is 333 Å². The fraction of sp³-hybridized carbons (Fsp3) is 0.512. The van der Waals surface area contributed by atoms with Gasteiger partial charge in [0.1, 0.15) is 11.5 Å². The predicted molar refractivity (Wildman–Crippen MR) is 218 cm³/mol. The van der Waals surface area contributed by atoms with Crippen molar-refractivity contribution in [3.63, 3.8) is 0 Å². The number of amides is 2. The number of rotatable bonds is 16. The van der Waals surface area contributed by atoms with Crippen LogP contribution in [0.1, 0.15) is 114 Å². The number of nitrogens with one attached hydrogen (secondary N) is 2. The minimum Gasteiger partial charge on any atom is -0.465 e. The number of ether oxygens (including phenoxy) is 1. The van der Waals surface area contributed by atoms with Gasteiger partial charge in [0.2, 0.25) is 10.0 Å². The lowest BCUT2D eigenvalue weighted by Crippen LogP contribution is -2.35. The van der Waals surface area contributed by atoms with Gasteiger partial charge in [-0.1, -0.05) is 51.7 Å². The second kappa shape index (κ2) is 18.5. The summed E-state index contributed by atoms with van der Waals surface area (Å²) < 4.78 is 36.0. The molecule has 6 rings (SSSR count). The Kier molecular flexibility index (Phi) is 13.6. The average Bonchev–Trinajstić information content (AvgIpc) is 3.76. The van der Waals surface area contributed by atoms with Crippen molar-refractivity contribution in [2.45, 2.75) is 105 Å². The van der Waals surface area contributed by atoms with Crippen molar-refractivity contribution in [1.82, 2.24) is 24.5 Å². The topological polar surface area (TPSA) is 165 Å². The number of hydrogen-bond acceptors (Lipinski definition) is 11. The van der Waals surface area contributed by atoms with Crippen LogP contribution < -0.4 is 14.9 Å². The summed E-state index contributed by atoms with van der Waals surface area (Å²) in [6.45, 7) is 9.91. The number of carbonyl (C=O) groups is 3. The van der Waals surface area contributed by atoms with Crippen LogP contribution in [-0.2, 0) is 39.1 Å². The van der Waals surface area contributed by atoms with Crippen LogP contribution in [0.3, 0.4) is 0 Å². The maximum Gasteiger partial charge on any atom is 0.305 e. The molecule has 4 aromatic rings. The number of benzene rings is 1. The number of aryl methyl sites for hydroxylation is 1. The lowest BCUT2D eigenvalue weighted by molar-refractivity contribution is -0.144. The average molecular weight is 804 g/mol. The fourth-order valence-corrected chi connectivity index (χ4v) is 9.13. The van der Waals surface area contributed by atoms with Crippen LogP contribution in [0, 0.1) is 25.7 Å². The van der Waals surface area contributed by atoms with Crippen LogP contribution in [-0.4, -0.2) is 64.9 Å². The Morgan fingerprint density at radius 2 is 1.79 bits per heavy atom. The van der Waals surface area contributed by atoms with Gasteiger partial charge in [0.05, 0.1) is 18.6 Å². The Hall–Kier alpha value is -4.63. The standard InChI is InChI=1S/C41H53N7O6S2/c1-27(2)26-54-37(49)16-9-6-10-21-56(52,53)46-40(51)38-32(34-23-43-48(29(34)4)24-30-12-7-5-8-13-30)17-18-36(44-38)47-20-19-31-14-11-15-33(35(31)25-47)39(50)45-41-42-22-28(3)55-41/h11,14-15,17-18,22-23,27,30H,5-10,12-13,16,19-21,24-26H2,1-4H3,(H,46,51)(H,42,45,50). The van der Waals surface area contributed by atoms with Crippen molar-refractivity contribution < 1.29 is 27.5 Å². The maximum atomic E-state index is 14.0. The normalized spacial score (nSPS) is 14.8. The molecule has 1 aliphatic carbocycles.